The fraction of sp³-hybridized carbons (Fsp3) is 0.308. The molecule has 0 saturated heterocycles. The number of thioether (sulfide) groups is 1. The van der Waals surface area contributed by atoms with E-state index in [2.05, 4.69) is 36.1 Å². The maximum Gasteiger partial charge on any atom is 0.404 e. The Kier molecular flexibility index (Phi) is 11.1. The molecule has 13 heteroatoms. The van der Waals surface area contributed by atoms with E-state index in [1.807, 2.05) is 18.5 Å². The van der Waals surface area contributed by atoms with Crippen LogP contribution in [0.15, 0.2) is 41.4 Å². The van der Waals surface area contributed by atoms with Crippen LogP contribution in [0.2, 0.25) is 15.1 Å². The molecule has 39 heavy (non-hydrogen) atoms. The second-order valence-electron chi connectivity index (χ2n) is 8.47. The lowest BCUT2D eigenvalue weighted by Gasteiger charge is -2.25. The third-order valence-electron chi connectivity index (χ3n) is 5.57. The molecule has 0 atom stereocenters. The minimum Gasteiger partial charge on any atom is -0.465 e. The number of rotatable bonds is 8. The van der Waals surface area contributed by atoms with Gasteiger partial charge in [0.2, 0.25) is 0 Å². The molecule has 0 radical (unpaired) electrons. The van der Waals surface area contributed by atoms with Gasteiger partial charge in [0.25, 0.3) is 0 Å². The molecule has 0 bridgehead atoms. The zero-order valence-electron chi connectivity index (χ0n) is 21.9. The van der Waals surface area contributed by atoms with E-state index in [0.29, 0.717) is 51.7 Å². The smallest absolute Gasteiger partial charge is 0.404 e. The minimum atomic E-state index is -0.995. The molecule has 0 fully saturated rings. The quantitative estimate of drug-likeness (QED) is 0.196. The van der Waals surface area contributed by atoms with Crippen molar-refractivity contribution in [2.45, 2.75) is 31.8 Å². The molecule has 0 spiro atoms. The highest BCUT2D eigenvalue weighted by molar-refractivity contribution is 7.98. The number of hydrogen-bond donors (Lipinski definition) is 3. The van der Waals surface area contributed by atoms with Crippen molar-refractivity contribution < 1.29 is 15.0 Å². The van der Waals surface area contributed by atoms with Gasteiger partial charge in [-0.1, -0.05) is 64.6 Å². The number of carbonyl (C=O) groups is 1. The first-order valence-electron chi connectivity index (χ1n) is 11.9. The van der Waals surface area contributed by atoms with E-state index in [4.69, 9.17) is 55.0 Å². The predicted molar refractivity (Wildman–Crippen MR) is 159 cm³/mol. The summed E-state index contributed by atoms with van der Waals surface area (Å²) >= 11 is 20.7. The van der Waals surface area contributed by atoms with Crippen molar-refractivity contribution >= 4 is 69.5 Å². The summed E-state index contributed by atoms with van der Waals surface area (Å²) in [6.07, 6.45) is 1.57. The van der Waals surface area contributed by atoms with Crippen molar-refractivity contribution in [1.82, 2.24) is 25.1 Å². The average Bonchev–Trinajstić information content (AvgIpc) is 3.25. The molecule has 9 nitrogen and oxygen atoms in total. The standard InChI is InChI=1S/C24H24Cl3N5OS.C2H5NO2/c1-14-5-7-16(8-6-14)13-31(9-4-10-33)22-20-23(29-15(2)28-22)32(30-24(20)34-3)21-18(26)11-17(25)12-19(21)27;1-3-2(4)5/h5-8,11-12,33H,4,9-10,13H2,1-3H3;3H,1H3,(H,4,5). The maximum atomic E-state index is 9.55. The number of nitrogens with one attached hydrogen (secondary N) is 1. The van der Waals surface area contributed by atoms with Crippen LogP contribution in [-0.4, -0.2) is 62.5 Å². The van der Waals surface area contributed by atoms with Crippen LogP contribution in [0.4, 0.5) is 10.6 Å². The van der Waals surface area contributed by atoms with E-state index in [-0.39, 0.29) is 6.61 Å². The Morgan fingerprint density at radius 1 is 1.10 bits per heavy atom. The van der Waals surface area contributed by atoms with E-state index in [0.717, 1.165) is 21.8 Å². The second-order valence-corrected chi connectivity index (χ2v) is 10.5. The Morgan fingerprint density at radius 3 is 2.26 bits per heavy atom. The van der Waals surface area contributed by atoms with Gasteiger partial charge in [0.15, 0.2) is 5.65 Å². The molecule has 0 aliphatic carbocycles. The Morgan fingerprint density at radius 2 is 1.72 bits per heavy atom. The number of anilines is 1. The first kappa shape index (κ1) is 30.8. The van der Waals surface area contributed by atoms with Crippen molar-refractivity contribution in [3.8, 4) is 5.69 Å². The monoisotopic (exact) mass is 610 g/mol. The molecular formula is C26H29Cl3N6O3S. The highest BCUT2D eigenvalue weighted by atomic mass is 35.5. The highest BCUT2D eigenvalue weighted by Gasteiger charge is 2.24. The van der Waals surface area contributed by atoms with Gasteiger partial charge in [-0.05, 0) is 44.2 Å². The van der Waals surface area contributed by atoms with Crippen LogP contribution in [0.1, 0.15) is 23.4 Å². The van der Waals surface area contributed by atoms with E-state index in [1.165, 1.54) is 24.4 Å². The number of carboxylic acid groups (broad SMARTS) is 1. The second kappa shape index (κ2) is 14.0. The van der Waals surface area contributed by atoms with E-state index >= 15 is 0 Å². The van der Waals surface area contributed by atoms with Crippen LogP contribution in [0, 0.1) is 13.8 Å². The largest absolute Gasteiger partial charge is 0.465 e. The van der Waals surface area contributed by atoms with Crippen LogP contribution in [0.3, 0.4) is 0 Å². The molecule has 0 saturated carbocycles. The first-order chi connectivity index (χ1) is 18.6. The number of aliphatic hydroxyl groups excluding tert-OH is 1. The summed E-state index contributed by atoms with van der Waals surface area (Å²) in [5.74, 6) is 1.35. The molecule has 2 aromatic carbocycles. The molecule has 0 aliphatic rings. The third-order valence-corrected chi connectivity index (χ3v) is 7.04. The number of amides is 1. The minimum absolute atomic E-state index is 0.0856. The Balaban J connectivity index is 0.000000771. The van der Waals surface area contributed by atoms with Gasteiger partial charge in [0.05, 0.1) is 15.4 Å². The number of benzene rings is 2. The summed E-state index contributed by atoms with van der Waals surface area (Å²) in [7, 11) is 1.35. The van der Waals surface area contributed by atoms with Gasteiger partial charge >= 0.3 is 6.09 Å². The lowest BCUT2D eigenvalue weighted by Crippen LogP contribution is -2.26. The van der Waals surface area contributed by atoms with Gasteiger partial charge in [0.1, 0.15) is 22.4 Å². The first-order valence-corrected chi connectivity index (χ1v) is 14.2. The van der Waals surface area contributed by atoms with Gasteiger partial charge in [-0.3, -0.25) is 0 Å². The van der Waals surface area contributed by atoms with Crippen molar-refractivity contribution in [1.29, 1.82) is 0 Å². The summed E-state index contributed by atoms with van der Waals surface area (Å²) in [5, 5.41) is 26.7. The average molecular weight is 612 g/mol. The van der Waals surface area contributed by atoms with Crippen LogP contribution in [-0.2, 0) is 6.54 Å². The number of fused-ring (bicyclic) bond motifs is 1. The summed E-state index contributed by atoms with van der Waals surface area (Å²) in [6.45, 7) is 5.25. The third kappa shape index (κ3) is 7.67. The van der Waals surface area contributed by atoms with Crippen LogP contribution in [0.5, 0.6) is 0 Å². The summed E-state index contributed by atoms with van der Waals surface area (Å²) in [4.78, 5) is 21.0. The molecule has 208 valence electrons. The normalized spacial score (nSPS) is 10.8. The van der Waals surface area contributed by atoms with E-state index in [1.54, 1.807) is 16.8 Å². The van der Waals surface area contributed by atoms with Gasteiger partial charge in [-0.2, -0.15) is 5.10 Å². The Labute approximate surface area is 246 Å². The van der Waals surface area contributed by atoms with E-state index in [9.17, 15) is 9.90 Å². The van der Waals surface area contributed by atoms with E-state index < -0.39 is 6.09 Å². The number of aromatic nitrogens is 4. The lowest BCUT2D eigenvalue weighted by atomic mass is 10.1. The Bertz CT molecular complexity index is 1430. The molecule has 0 unspecified atom stereocenters. The Hall–Kier alpha value is -2.76. The maximum absolute atomic E-state index is 9.55. The molecule has 2 aromatic heterocycles. The fourth-order valence-electron chi connectivity index (χ4n) is 3.78. The van der Waals surface area contributed by atoms with Gasteiger partial charge in [0, 0.05) is 31.8 Å². The number of halogens is 3. The predicted octanol–water partition coefficient (Wildman–Crippen LogP) is 6.39. The van der Waals surface area contributed by atoms with Crippen molar-refractivity contribution in [2.75, 3.05) is 31.4 Å². The van der Waals surface area contributed by atoms with Gasteiger partial charge in [-0.15, -0.1) is 11.8 Å². The zero-order chi connectivity index (χ0) is 28.7. The summed E-state index contributed by atoms with van der Waals surface area (Å²) < 4.78 is 1.66. The number of aryl methyl sites for hydroxylation is 2. The van der Waals surface area contributed by atoms with Crippen LogP contribution >= 0.6 is 46.6 Å². The lowest BCUT2D eigenvalue weighted by molar-refractivity contribution is 0.197. The van der Waals surface area contributed by atoms with Gasteiger partial charge < -0.3 is 20.4 Å². The zero-order valence-corrected chi connectivity index (χ0v) is 25.0. The highest BCUT2D eigenvalue weighted by Crippen LogP contribution is 2.38. The topological polar surface area (TPSA) is 116 Å². The number of nitrogens with zero attached hydrogens (tertiary/aromatic N) is 5. The van der Waals surface area contributed by atoms with Crippen LogP contribution < -0.4 is 10.2 Å². The van der Waals surface area contributed by atoms with Gasteiger partial charge in [-0.25, -0.2) is 19.4 Å². The molecule has 0 aliphatic heterocycles. The number of aliphatic hydroxyl groups is 1. The van der Waals surface area contributed by atoms with Crippen molar-refractivity contribution in [3.05, 3.63) is 68.4 Å². The molecule has 4 rings (SSSR count). The molecule has 2 heterocycles. The SMILES string of the molecule is CNC(=O)O.CSc1nn(-c2c(Cl)cc(Cl)cc2Cl)c2nc(C)nc(N(CCCO)Cc3ccc(C)cc3)c12. The molecule has 1 amide bonds. The summed E-state index contributed by atoms with van der Waals surface area (Å²) in [5.41, 5.74) is 3.47. The van der Waals surface area contributed by atoms with Crippen molar-refractivity contribution in [3.63, 3.8) is 0 Å². The number of hydrogen-bond acceptors (Lipinski definition) is 7. The summed E-state index contributed by atoms with van der Waals surface area (Å²) in [6, 6.07) is 11.7. The van der Waals surface area contributed by atoms with Crippen molar-refractivity contribution in [2.24, 2.45) is 0 Å². The molecule has 3 N–H and O–H groups in total. The fourth-order valence-corrected chi connectivity index (χ4v) is 5.30. The van der Waals surface area contributed by atoms with Crippen LogP contribution in [0.25, 0.3) is 16.7 Å². The molecule has 4 aromatic rings. The molecular weight excluding hydrogens is 583 g/mol.